The standard InChI is InChI=1S/C23H25ClF3N3O2/c24-18-4-6-19(7-5-18)30-21(32)28-15-22(30,10-13-29-11-8-20(31)9-12-29)16-2-1-3-17(14-16)23(25,26)27/h1-7,14,20,31H,8-13,15H2,(H,28,32)/t22-/m1/s1. The number of urea groups is 1. The maximum atomic E-state index is 13.5. The molecular weight excluding hydrogens is 443 g/mol. The Morgan fingerprint density at radius 1 is 1.12 bits per heavy atom. The molecule has 2 aromatic rings. The molecular formula is C23H25ClF3N3O2. The number of halogens is 4. The molecule has 1 atom stereocenters. The van der Waals surface area contributed by atoms with Crippen LogP contribution in [0.3, 0.4) is 0 Å². The highest BCUT2D eigenvalue weighted by molar-refractivity contribution is 6.30. The van der Waals surface area contributed by atoms with Gasteiger partial charge in [0.05, 0.1) is 17.2 Å². The van der Waals surface area contributed by atoms with E-state index in [9.17, 15) is 23.1 Å². The van der Waals surface area contributed by atoms with E-state index in [1.165, 1.54) is 6.07 Å². The quantitative estimate of drug-likeness (QED) is 0.674. The van der Waals surface area contributed by atoms with Gasteiger partial charge in [-0.1, -0.05) is 23.7 Å². The Bertz CT molecular complexity index is 962. The fourth-order valence-electron chi connectivity index (χ4n) is 4.58. The Labute approximate surface area is 189 Å². The Morgan fingerprint density at radius 3 is 2.47 bits per heavy atom. The zero-order valence-electron chi connectivity index (χ0n) is 17.4. The van der Waals surface area contributed by atoms with Crippen LogP contribution in [0.5, 0.6) is 0 Å². The minimum atomic E-state index is -4.48. The van der Waals surface area contributed by atoms with Crippen LogP contribution in [0.4, 0.5) is 23.7 Å². The number of alkyl halides is 3. The lowest BCUT2D eigenvalue weighted by Gasteiger charge is -2.40. The molecule has 0 aliphatic carbocycles. The Kier molecular flexibility index (Phi) is 6.38. The van der Waals surface area contributed by atoms with Crippen molar-refractivity contribution < 1.29 is 23.1 Å². The molecule has 9 heteroatoms. The minimum Gasteiger partial charge on any atom is -0.393 e. The third-order valence-corrected chi connectivity index (χ3v) is 6.63. The second kappa shape index (κ2) is 8.92. The van der Waals surface area contributed by atoms with Crippen LogP contribution in [0, 0.1) is 0 Å². The molecule has 2 amide bonds. The van der Waals surface area contributed by atoms with Gasteiger partial charge in [0.25, 0.3) is 0 Å². The number of nitrogens with zero attached hydrogens (tertiary/aromatic N) is 2. The number of hydrogen-bond acceptors (Lipinski definition) is 3. The second-order valence-electron chi connectivity index (χ2n) is 8.40. The molecule has 2 aliphatic heterocycles. The molecule has 2 N–H and O–H groups in total. The van der Waals surface area contributed by atoms with E-state index < -0.39 is 17.3 Å². The van der Waals surface area contributed by atoms with Crippen molar-refractivity contribution in [2.75, 3.05) is 31.1 Å². The largest absolute Gasteiger partial charge is 0.416 e. The molecule has 2 fully saturated rings. The van der Waals surface area contributed by atoms with E-state index >= 15 is 0 Å². The number of amides is 2. The summed E-state index contributed by atoms with van der Waals surface area (Å²) in [5, 5.41) is 13.1. The van der Waals surface area contributed by atoms with Crippen LogP contribution in [0.25, 0.3) is 0 Å². The Hall–Kier alpha value is -2.29. The maximum Gasteiger partial charge on any atom is 0.416 e. The second-order valence-corrected chi connectivity index (χ2v) is 8.84. The Balaban J connectivity index is 1.74. The first-order valence-electron chi connectivity index (χ1n) is 10.6. The van der Waals surface area contributed by atoms with Gasteiger partial charge in [-0.2, -0.15) is 13.2 Å². The van der Waals surface area contributed by atoms with E-state index in [1.807, 2.05) is 0 Å². The van der Waals surface area contributed by atoms with Crippen molar-refractivity contribution in [1.82, 2.24) is 10.2 Å². The topological polar surface area (TPSA) is 55.8 Å². The normalized spacial score (nSPS) is 22.9. The monoisotopic (exact) mass is 467 g/mol. The van der Waals surface area contributed by atoms with Crippen molar-refractivity contribution in [1.29, 1.82) is 0 Å². The lowest BCUT2D eigenvalue weighted by Crippen LogP contribution is -2.48. The number of carbonyl (C=O) groups is 1. The lowest BCUT2D eigenvalue weighted by atomic mass is 9.84. The summed E-state index contributed by atoms with van der Waals surface area (Å²) < 4.78 is 40.5. The fraction of sp³-hybridized carbons (Fsp3) is 0.435. The average molecular weight is 468 g/mol. The summed E-state index contributed by atoms with van der Waals surface area (Å²) in [6, 6.07) is 11.6. The third kappa shape index (κ3) is 4.58. The smallest absolute Gasteiger partial charge is 0.393 e. The van der Waals surface area contributed by atoms with E-state index in [-0.39, 0.29) is 18.7 Å². The molecule has 2 aliphatic rings. The van der Waals surface area contributed by atoms with Crippen LogP contribution < -0.4 is 10.2 Å². The number of nitrogens with one attached hydrogen (secondary N) is 1. The van der Waals surface area contributed by atoms with Gasteiger partial charge in [-0.25, -0.2) is 4.79 Å². The van der Waals surface area contributed by atoms with Crippen molar-refractivity contribution in [3.63, 3.8) is 0 Å². The molecule has 32 heavy (non-hydrogen) atoms. The van der Waals surface area contributed by atoms with Crippen LogP contribution in [-0.4, -0.2) is 48.3 Å². The minimum absolute atomic E-state index is 0.187. The van der Waals surface area contributed by atoms with Gasteiger partial charge in [-0.05, 0) is 61.2 Å². The molecule has 5 nitrogen and oxygen atoms in total. The summed E-state index contributed by atoms with van der Waals surface area (Å²) in [7, 11) is 0. The number of likely N-dealkylation sites (tertiary alicyclic amines) is 1. The summed E-state index contributed by atoms with van der Waals surface area (Å²) in [6.07, 6.45) is -3.04. The van der Waals surface area contributed by atoms with E-state index in [4.69, 9.17) is 11.6 Å². The van der Waals surface area contributed by atoms with Crippen molar-refractivity contribution >= 4 is 23.3 Å². The predicted molar refractivity (Wildman–Crippen MR) is 117 cm³/mol. The van der Waals surface area contributed by atoms with Gasteiger partial charge in [-0.3, -0.25) is 4.90 Å². The van der Waals surface area contributed by atoms with Crippen molar-refractivity contribution in [3.05, 3.63) is 64.7 Å². The highest BCUT2D eigenvalue weighted by Gasteiger charge is 2.48. The number of piperidine rings is 1. The number of carbonyl (C=O) groups excluding carboxylic acids is 1. The first kappa shape index (κ1) is 22.9. The predicted octanol–water partition coefficient (Wildman–Crippen LogP) is 4.63. The first-order valence-corrected chi connectivity index (χ1v) is 11.0. The highest BCUT2D eigenvalue weighted by Crippen LogP contribution is 2.41. The van der Waals surface area contributed by atoms with Crippen LogP contribution in [-0.2, 0) is 11.7 Å². The number of hydrogen-bond donors (Lipinski definition) is 2. The highest BCUT2D eigenvalue weighted by atomic mass is 35.5. The molecule has 0 bridgehead atoms. The molecule has 0 unspecified atom stereocenters. The molecule has 2 heterocycles. The van der Waals surface area contributed by atoms with Gasteiger partial charge in [0.1, 0.15) is 0 Å². The van der Waals surface area contributed by atoms with Crippen LogP contribution in [0.1, 0.15) is 30.4 Å². The molecule has 2 aromatic carbocycles. The van der Waals surface area contributed by atoms with Crippen LogP contribution in [0.2, 0.25) is 5.02 Å². The zero-order valence-corrected chi connectivity index (χ0v) is 18.2. The van der Waals surface area contributed by atoms with Gasteiger partial charge in [0.15, 0.2) is 0 Å². The van der Waals surface area contributed by atoms with Gasteiger partial charge in [0, 0.05) is 36.9 Å². The van der Waals surface area contributed by atoms with E-state index in [0.717, 1.165) is 12.1 Å². The molecule has 0 saturated carbocycles. The molecule has 0 spiro atoms. The fourth-order valence-corrected chi connectivity index (χ4v) is 4.70. The van der Waals surface area contributed by atoms with Gasteiger partial charge in [-0.15, -0.1) is 0 Å². The van der Waals surface area contributed by atoms with Gasteiger partial charge >= 0.3 is 12.2 Å². The molecule has 172 valence electrons. The first-order chi connectivity index (χ1) is 15.2. The number of benzene rings is 2. The number of anilines is 1. The van der Waals surface area contributed by atoms with Gasteiger partial charge in [0.2, 0.25) is 0 Å². The maximum absolute atomic E-state index is 13.5. The molecule has 4 rings (SSSR count). The SMILES string of the molecule is O=C1NC[C@](CCN2CCC(O)CC2)(c2cccc(C(F)(F)F)c2)N1c1ccc(Cl)cc1. The van der Waals surface area contributed by atoms with Crippen LogP contribution >= 0.6 is 11.6 Å². The summed E-state index contributed by atoms with van der Waals surface area (Å²) in [5.74, 6) is 0. The average Bonchev–Trinajstić information content (AvgIpc) is 3.11. The summed E-state index contributed by atoms with van der Waals surface area (Å²) >= 11 is 6.02. The van der Waals surface area contributed by atoms with E-state index in [2.05, 4.69) is 10.2 Å². The lowest BCUT2D eigenvalue weighted by molar-refractivity contribution is -0.137. The summed E-state index contributed by atoms with van der Waals surface area (Å²) in [4.78, 5) is 16.7. The molecule has 0 aromatic heterocycles. The molecule has 0 radical (unpaired) electrons. The Morgan fingerprint density at radius 2 is 1.81 bits per heavy atom. The molecule has 2 saturated heterocycles. The zero-order chi connectivity index (χ0) is 22.9. The number of aliphatic hydroxyl groups excluding tert-OH is 1. The number of aliphatic hydroxyl groups is 1. The van der Waals surface area contributed by atoms with Crippen molar-refractivity contribution in [2.45, 2.75) is 37.1 Å². The van der Waals surface area contributed by atoms with Crippen molar-refractivity contribution in [2.24, 2.45) is 0 Å². The van der Waals surface area contributed by atoms with E-state index in [0.29, 0.717) is 55.2 Å². The van der Waals surface area contributed by atoms with E-state index in [1.54, 1.807) is 35.2 Å². The number of rotatable bonds is 5. The van der Waals surface area contributed by atoms with Crippen LogP contribution in [0.15, 0.2) is 48.5 Å². The van der Waals surface area contributed by atoms with Crippen molar-refractivity contribution in [3.8, 4) is 0 Å². The summed E-state index contributed by atoms with van der Waals surface area (Å²) in [6.45, 7) is 2.19. The van der Waals surface area contributed by atoms with Gasteiger partial charge < -0.3 is 15.3 Å². The third-order valence-electron chi connectivity index (χ3n) is 6.37. The summed E-state index contributed by atoms with van der Waals surface area (Å²) in [5.41, 5.74) is -0.748.